The van der Waals surface area contributed by atoms with E-state index in [0.29, 0.717) is 19.3 Å². The first-order valence-corrected chi connectivity index (χ1v) is 30.1. The molecule has 0 bridgehead atoms. The number of allylic oxidation sites excluding steroid dienone is 8. The first kappa shape index (κ1) is 66.4. The Morgan fingerprint density at radius 2 is 0.536 bits per heavy atom. The number of hydrogen-bond donors (Lipinski definition) is 0. The first-order chi connectivity index (χ1) is 34.0. The van der Waals surface area contributed by atoms with Crippen LogP contribution in [0.3, 0.4) is 0 Å². The highest BCUT2D eigenvalue weighted by Gasteiger charge is 2.19. The van der Waals surface area contributed by atoms with Crippen LogP contribution in [0.4, 0.5) is 0 Å². The molecule has 1 unspecified atom stereocenters. The number of carbonyl (C=O) groups is 3. The minimum Gasteiger partial charge on any atom is -0.462 e. The van der Waals surface area contributed by atoms with Gasteiger partial charge in [0.2, 0.25) is 0 Å². The predicted octanol–water partition coefficient (Wildman–Crippen LogP) is 20.2. The molecule has 0 heterocycles. The molecule has 0 N–H and O–H groups in total. The zero-order valence-electron chi connectivity index (χ0n) is 46.1. The van der Waals surface area contributed by atoms with Crippen LogP contribution in [0.1, 0.15) is 316 Å². The lowest BCUT2D eigenvalue weighted by Gasteiger charge is -2.18. The maximum absolute atomic E-state index is 12.8. The van der Waals surface area contributed by atoms with Crippen LogP contribution in [0.2, 0.25) is 0 Å². The average Bonchev–Trinajstić information content (AvgIpc) is 3.35. The van der Waals surface area contributed by atoms with Gasteiger partial charge in [0.1, 0.15) is 13.2 Å². The van der Waals surface area contributed by atoms with Gasteiger partial charge in [-0.05, 0) is 77.0 Å². The van der Waals surface area contributed by atoms with Gasteiger partial charge < -0.3 is 14.2 Å². The van der Waals surface area contributed by atoms with Gasteiger partial charge in [-0.1, -0.05) is 268 Å². The van der Waals surface area contributed by atoms with Crippen molar-refractivity contribution in [1.29, 1.82) is 0 Å². The fourth-order valence-corrected chi connectivity index (χ4v) is 8.73. The molecule has 0 aromatic carbocycles. The van der Waals surface area contributed by atoms with Gasteiger partial charge in [0.25, 0.3) is 0 Å². The van der Waals surface area contributed by atoms with E-state index >= 15 is 0 Å². The Hall–Kier alpha value is -2.63. The van der Waals surface area contributed by atoms with E-state index in [1.165, 1.54) is 186 Å². The van der Waals surface area contributed by atoms with E-state index in [9.17, 15) is 14.4 Å². The summed E-state index contributed by atoms with van der Waals surface area (Å²) in [5.41, 5.74) is 0. The van der Waals surface area contributed by atoms with Crippen molar-refractivity contribution in [3.63, 3.8) is 0 Å². The second-order valence-electron chi connectivity index (χ2n) is 20.3. The Kier molecular flexibility index (Phi) is 55.7. The number of esters is 3. The quantitative estimate of drug-likeness (QED) is 0.0262. The minimum absolute atomic E-state index is 0.0754. The highest BCUT2D eigenvalue weighted by atomic mass is 16.6. The second kappa shape index (κ2) is 57.9. The molecule has 0 amide bonds. The summed E-state index contributed by atoms with van der Waals surface area (Å²) in [5.74, 6) is -0.877. The standard InChI is InChI=1S/C63H114O6/c1-4-7-10-13-16-19-22-24-26-27-28-29-30-31-32-33-34-35-36-37-38-40-41-44-47-50-53-56-62(65)68-59-60(58-67-61(64)55-52-49-46-43-21-18-15-12-9-6-3)69-63(66)57-54-51-48-45-42-39-25-23-20-17-14-11-8-5-2/h14,17,22-25,27-28,60H,4-13,15-16,18-21,26,29-59H2,1-3H3/b17-14-,24-22-,25-23-,28-27-. The SMILES string of the molecule is CCCC/C=C\C/C=C\CCCCCCCC(=O)OC(COC(=O)CCCCCCCCCCCC)COC(=O)CCCCCCCCCCCCCCCCC/C=C\C/C=C\CCCCCCC. The summed E-state index contributed by atoms with van der Waals surface area (Å²) >= 11 is 0. The minimum atomic E-state index is -0.777. The van der Waals surface area contributed by atoms with Crippen molar-refractivity contribution >= 4 is 17.9 Å². The molecule has 0 aliphatic rings. The molecule has 0 aromatic heterocycles. The molecule has 0 aliphatic carbocycles. The summed E-state index contributed by atoms with van der Waals surface area (Å²) in [5, 5.41) is 0. The highest BCUT2D eigenvalue weighted by molar-refractivity contribution is 5.71. The van der Waals surface area contributed by atoms with Crippen LogP contribution in [0.15, 0.2) is 48.6 Å². The van der Waals surface area contributed by atoms with Crippen molar-refractivity contribution in [3.05, 3.63) is 48.6 Å². The van der Waals surface area contributed by atoms with Crippen molar-refractivity contribution < 1.29 is 28.6 Å². The lowest BCUT2D eigenvalue weighted by Crippen LogP contribution is -2.30. The van der Waals surface area contributed by atoms with Gasteiger partial charge >= 0.3 is 17.9 Å². The summed E-state index contributed by atoms with van der Waals surface area (Å²) in [6.07, 6.45) is 71.2. The maximum Gasteiger partial charge on any atom is 0.306 e. The number of unbranched alkanes of at least 4 members (excludes halogenated alkanes) is 36. The lowest BCUT2D eigenvalue weighted by atomic mass is 10.0. The molecule has 0 fully saturated rings. The Morgan fingerprint density at radius 1 is 0.290 bits per heavy atom. The normalized spacial score (nSPS) is 12.3. The van der Waals surface area contributed by atoms with Crippen LogP contribution in [0.5, 0.6) is 0 Å². The lowest BCUT2D eigenvalue weighted by molar-refractivity contribution is -0.167. The molecule has 0 radical (unpaired) electrons. The summed E-state index contributed by atoms with van der Waals surface area (Å²) in [7, 11) is 0. The predicted molar refractivity (Wildman–Crippen MR) is 298 cm³/mol. The van der Waals surface area contributed by atoms with Crippen molar-refractivity contribution in [2.24, 2.45) is 0 Å². The molecule has 402 valence electrons. The van der Waals surface area contributed by atoms with E-state index < -0.39 is 6.10 Å². The average molecular weight is 968 g/mol. The van der Waals surface area contributed by atoms with E-state index in [1.807, 2.05) is 0 Å². The molecule has 6 heteroatoms. The molecular weight excluding hydrogens is 853 g/mol. The molecule has 0 saturated carbocycles. The Bertz CT molecular complexity index is 1200. The van der Waals surface area contributed by atoms with Crippen molar-refractivity contribution in [1.82, 2.24) is 0 Å². The van der Waals surface area contributed by atoms with Gasteiger partial charge in [-0.25, -0.2) is 0 Å². The summed E-state index contributed by atoms with van der Waals surface area (Å²) < 4.78 is 16.8. The molecule has 0 rings (SSSR count). The monoisotopic (exact) mass is 967 g/mol. The molecule has 0 spiro atoms. The van der Waals surface area contributed by atoms with Crippen LogP contribution >= 0.6 is 0 Å². The van der Waals surface area contributed by atoms with E-state index in [0.717, 1.165) is 89.9 Å². The van der Waals surface area contributed by atoms with Crippen LogP contribution in [0, 0.1) is 0 Å². The van der Waals surface area contributed by atoms with Gasteiger partial charge in [-0.15, -0.1) is 0 Å². The van der Waals surface area contributed by atoms with Crippen LogP contribution in [-0.4, -0.2) is 37.2 Å². The van der Waals surface area contributed by atoms with Crippen LogP contribution in [-0.2, 0) is 28.6 Å². The third-order valence-electron chi connectivity index (χ3n) is 13.3. The number of rotatable bonds is 55. The van der Waals surface area contributed by atoms with E-state index in [4.69, 9.17) is 14.2 Å². The highest BCUT2D eigenvalue weighted by Crippen LogP contribution is 2.16. The van der Waals surface area contributed by atoms with Gasteiger partial charge in [-0.3, -0.25) is 14.4 Å². The summed E-state index contributed by atoms with van der Waals surface area (Å²) in [6, 6.07) is 0. The molecule has 0 aromatic rings. The van der Waals surface area contributed by atoms with Gasteiger partial charge in [0.15, 0.2) is 6.10 Å². The second-order valence-corrected chi connectivity index (χ2v) is 20.3. The molecule has 6 nitrogen and oxygen atoms in total. The van der Waals surface area contributed by atoms with Crippen molar-refractivity contribution in [2.75, 3.05) is 13.2 Å². The zero-order valence-corrected chi connectivity index (χ0v) is 46.1. The maximum atomic E-state index is 12.8. The van der Waals surface area contributed by atoms with E-state index in [1.54, 1.807) is 0 Å². The van der Waals surface area contributed by atoms with Gasteiger partial charge in [0, 0.05) is 19.3 Å². The molecular formula is C63H114O6. The van der Waals surface area contributed by atoms with E-state index in [-0.39, 0.29) is 31.1 Å². The number of ether oxygens (including phenoxy) is 3. The van der Waals surface area contributed by atoms with Crippen LogP contribution < -0.4 is 0 Å². The largest absolute Gasteiger partial charge is 0.462 e. The number of hydrogen-bond acceptors (Lipinski definition) is 6. The third kappa shape index (κ3) is 56.2. The smallest absolute Gasteiger partial charge is 0.306 e. The fraction of sp³-hybridized carbons (Fsp3) is 0.825. The zero-order chi connectivity index (χ0) is 50.0. The van der Waals surface area contributed by atoms with Gasteiger partial charge in [-0.2, -0.15) is 0 Å². The van der Waals surface area contributed by atoms with Crippen molar-refractivity contribution in [2.45, 2.75) is 322 Å². The number of carbonyl (C=O) groups excluding carboxylic acids is 3. The van der Waals surface area contributed by atoms with E-state index in [2.05, 4.69) is 69.4 Å². The first-order valence-electron chi connectivity index (χ1n) is 30.1. The molecule has 0 saturated heterocycles. The topological polar surface area (TPSA) is 78.9 Å². The van der Waals surface area contributed by atoms with Gasteiger partial charge in [0.05, 0.1) is 0 Å². The van der Waals surface area contributed by atoms with Crippen molar-refractivity contribution in [3.8, 4) is 0 Å². The molecule has 1 atom stereocenters. The Labute approximate surface area is 428 Å². The summed E-state index contributed by atoms with van der Waals surface area (Å²) in [6.45, 7) is 6.60. The molecule has 0 aliphatic heterocycles. The third-order valence-corrected chi connectivity index (χ3v) is 13.3. The Balaban J connectivity index is 4.16. The molecule has 69 heavy (non-hydrogen) atoms. The fourth-order valence-electron chi connectivity index (χ4n) is 8.73. The Morgan fingerprint density at radius 3 is 0.841 bits per heavy atom. The van der Waals surface area contributed by atoms with Crippen LogP contribution in [0.25, 0.3) is 0 Å². The summed E-state index contributed by atoms with van der Waals surface area (Å²) in [4.78, 5) is 38.1.